The van der Waals surface area contributed by atoms with Crippen molar-refractivity contribution in [2.45, 2.75) is 0 Å². The van der Waals surface area contributed by atoms with E-state index in [1.165, 1.54) is 30.3 Å². The first-order valence-electron chi connectivity index (χ1n) is 9.46. The molecular formula is C24H17N3O4. The molecule has 0 unspecified atom stereocenters. The Balaban J connectivity index is 1.43. The maximum atomic E-state index is 12.6. The third kappa shape index (κ3) is 4.25. The van der Waals surface area contributed by atoms with Crippen LogP contribution in [0.1, 0.15) is 36.6 Å². The number of hydrogen-bond donors (Lipinski definition) is 2. The number of carbonyl (C=O) groups is 4. The summed E-state index contributed by atoms with van der Waals surface area (Å²) < 4.78 is 0. The smallest absolute Gasteiger partial charge is 0.280 e. The molecule has 0 saturated carbocycles. The number of benzene rings is 3. The van der Waals surface area contributed by atoms with Crippen LogP contribution in [0.3, 0.4) is 0 Å². The molecule has 0 aromatic heterocycles. The zero-order valence-corrected chi connectivity index (χ0v) is 16.2. The Hall–Kier alpha value is -4.52. The molecule has 3 aromatic rings. The van der Waals surface area contributed by atoms with Gasteiger partial charge in [-0.3, -0.25) is 24.6 Å². The number of anilines is 1. The van der Waals surface area contributed by atoms with Gasteiger partial charge < -0.3 is 5.32 Å². The van der Waals surface area contributed by atoms with Gasteiger partial charge in [0.2, 0.25) is 5.91 Å². The molecule has 0 fully saturated rings. The number of hydrogen-bond acceptors (Lipinski definition) is 4. The highest BCUT2D eigenvalue weighted by Gasteiger charge is 2.36. The van der Waals surface area contributed by atoms with Crippen LogP contribution in [0.25, 0.3) is 6.08 Å². The summed E-state index contributed by atoms with van der Waals surface area (Å²) in [5.74, 6) is -2.19. The zero-order chi connectivity index (χ0) is 21.8. The predicted molar refractivity (Wildman–Crippen MR) is 115 cm³/mol. The van der Waals surface area contributed by atoms with Gasteiger partial charge in [-0.1, -0.05) is 48.5 Å². The molecule has 3 aromatic carbocycles. The zero-order valence-electron chi connectivity index (χ0n) is 16.2. The van der Waals surface area contributed by atoms with Crippen molar-refractivity contribution in [3.8, 4) is 0 Å². The molecule has 4 amide bonds. The van der Waals surface area contributed by atoms with Gasteiger partial charge in [-0.25, -0.2) is 0 Å². The van der Waals surface area contributed by atoms with E-state index < -0.39 is 17.7 Å². The van der Waals surface area contributed by atoms with E-state index in [1.54, 1.807) is 30.3 Å². The Morgan fingerprint density at radius 2 is 1.42 bits per heavy atom. The molecule has 7 heteroatoms. The Bertz CT molecular complexity index is 1180. The Morgan fingerprint density at radius 1 is 0.774 bits per heavy atom. The summed E-state index contributed by atoms with van der Waals surface area (Å²) in [4.78, 5) is 49.6. The van der Waals surface area contributed by atoms with E-state index >= 15 is 0 Å². The SMILES string of the molecule is O=C(/C=C\c1ccccc1)Nc1cccc(C(=O)NN2C(=O)c3ccccc3C2=O)c1. The predicted octanol–water partition coefficient (Wildman–Crippen LogP) is 3.28. The number of imide groups is 1. The van der Waals surface area contributed by atoms with E-state index in [1.807, 2.05) is 30.3 Å². The van der Waals surface area contributed by atoms with Crippen LogP contribution in [0, 0.1) is 0 Å². The van der Waals surface area contributed by atoms with Gasteiger partial charge >= 0.3 is 0 Å². The lowest BCUT2D eigenvalue weighted by Crippen LogP contribution is -2.45. The average Bonchev–Trinajstić information content (AvgIpc) is 3.03. The first-order chi connectivity index (χ1) is 15.0. The fraction of sp³-hybridized carbons (Fsp3) is 0. The second-order valence-electron chi connectivity index (χ2n) is 6.75. The number of hydrazine groups is 1. The van der Waals surface area contributed by atoms with Gasteiger partial charge in [-0.15, -0.1) is 0 Å². The van der Waals surface area contributed by atoms with Crippen molar-refractivity contribution in [2.24, 2.45) is 0 Å². The average molecular weight is 411 g/mol. The molecule has 0 spiro atoms. The van der Waals surface area contributed by atoms with Crippen LogP contribution in [0.15, 0.2) is 84.9 Å². The summed E-state index contributed by atoms with van der Waals surface area (Å²) in [6.07, 6.45) is 3.06. The normalized spacial score (nSPS) is 12.7. The van der Waals surface area contributed by atoms with Gasteiger partial charge in [0.25, 0.3) is 17.7 Å². The van der Waals surface area contributed by atoms with Crippen molar-refractivity contribution in [1.82, 2.24) is 10.4 Å². The molecule has 0 aliphatic carbocycles. The van der Waals surface area contributed by atoms with E-state index in [2.05, 4.69) is 10.7 Å². The Morgan fingerprint density at radius 3 is 2.10 bits per heavy atom. The molecule has 0 radical (unpaired) electrons. The minimum absolute atomic E-state index is 0.182. The van der Waals surface area contributed by atoms with Gasteiger partial charge in [0.1, 0.15) is 0 Å². The highest BCUT2D eigenvalue weighted by atomic mass is 16.2. The fourth-order valence-electron chi connectivity index (χ4n) is 3.12. The van der Waals surface area contributed by atoms with Crippen LogP contribution in [-0.2, 0) is 4.79 Å². The van der Waals surface area contributed by atoms with E-state index in [9.17, 15) is 19.2 Å². The minimum Gasteiger partial charge on any atom is -0.322 e. The monoisotopic (exact) mass is 411 g/mol. The Labute approximate surface area is 178 Å². The molecule has 152 valence electrons. The first kappa shape index (κ1) is 19.8. The van der Waals surface area contributed by atoms with Crippen LogP contribution in [0.4, 0.5) is 5.69 Å². The number of fused-ring (bicyclic) bond motifs is 1. The van der Waals surface area contributed by atoms with Crippen molar-refractivity contribution in [2.75, 3.05) is 5.32 Å². The molecule has 2 N–H and O–H groups in total. The van der Waals surface area contributed by atoms with Crippen molar-refractivity contribution >= 4 is 35.4 Å². The molecule has 1 heterocycles. The molecule has 0 bridgehead atoms. The summed E-state index contributed by atoms with van der Waals surface area (Å²) in [6, 6.07) is 21.9. The molecule has 0 saturated heterocycles. The quantitative estimate of drug-likeness (QED) is 0.498. The maximum absolute atomic E-state index is 12.6. The van der Waals surface area contributed by atoms with Crippen LogP contribution in [0.5, 0.6) is 0 Å². The summed E-state index contributed by atoms with van der Waals surface area (Å²) in [7, 11) is 0. The van der Waals surface area contributed by atoms with Crippen molar-refractivity contribution in [3.63, 3.8) is 0 Å². The molecular weight excluding hydrogens is 394 g/mol. The van der Waals surface area contributed by atoms with E-state index in [0.29, 0.717) is 10.7 Å². The lowest BCUT2D eigenvalue weighted by molar-refractivity contribution is -0.111. The molecule has 1 aliphatic rings. The maximum Gasteiger partial charge on any atom is 0.280 e. The summed E-state index contributed by atoms with van der Waals surface area (Å²) in [5.41, 5.74) is 4.27. The highest BCUT2D eigenvalue weighted by molar-refractivity contribution is 6.22. The second-order valence-corrected chi connectivity index (χ2v) is 6.75. The van der Waals surface area contributed by atoms with E-state index in [0.717, 1.165) is 5.56 Å². The van der Waals surface area contributed by atoms with E-state index in [4.69, 9.17) is 0 Å². The van der Waals surface area contributed by atoms with E-state index in [-0.39, 0.29) is 22.6 Å². The summed E-state index contributed by atoms with van der Waals surface area (Å²) in [5, 5.41) is 3.37. The largest absolute Gasteiger partial charge is 0.322 e. The van der Waals surface area contributed by atoms with Gasteiger partial charge in [0.05, 0.1) is 11.1 Å². The number of nitrogens with zero attached hydrogens (tertiary/aromatic N) is 1. The minimum atomic E-state index is -0.648. The molecule has 4 rings (SSSR count). The topological polar surface area (TPSA) is 95.6 Å². The van der Waals surface area contributed by atoms with Crippen molar-refractivity contribution in [3.05, 3.63) is 107 Å². The standard InChI is InChI=1S/C24H17N3O4/c28-21(14-13-16-7-2-1-3-8-16)25-18-10-6-9-17(15-18)22(29)26-27-23(30)19-11-4-5-12-20(19)24(27)31/h1-15H,(H,25,28)(H,26,29)/b14-13-. The lowest BCUT2D eigenvalue weighted by Gasteiger charge is -2.15. The summed E-state index contributed by atoms with van der Waals surface area (Å²) >= 11 is 0. The van der Waals surface area contributed by atoms with Gasteiger partial charge in [-0.2, -0.15) is 5.01 Å². The third-order valence-electron chi connectivity index (χ3n) is 4.63. The van der Waals surface area contributed by atoms with Crippen LogP contribution in [-0.4, -0.2) is 28.6 Å². The fourth-order valence-corrected chi connectivity index (χ4v) is 3.12. The molecule has 1 aliphatic heterocycles. The number of nitrogens with one attached hydrogen (secondary N) is 2. The van der Waals surface area contributed by atoms with Gasteiger partial charge in [0.15, 0.2) is 0 Å². The van der Waals surface area contributed by atoms with Crippen LogP contribution >= 0.6 is 0 Å². The Kier molecular flexibility index (Phi) is 5.40. The number of rotatable bonds is 5. The second kappa shape index (κ2) is 8.46. The van der Waals surface area contributed by atoms with Gasteiger partial charge in [0, 0.05) is 17.3 Å². The molecule has 0 atom stereocenters. The lowest BCUT2D eigenvalue weighted by atomic mass is 10.1. The third-order valence-corrected chi connectivity index (χ3v) is 4.63. The van der Waals surface area contributed by atoms with Crippen LogP contribution in [0.2, 0.25) is 0 Å². The first-order valence-corrected chi connectivity index (χ1v) is 9.46. The van der Waals surface area contributed by atoms with Crippen LogP contribution < -0.4 is 10.7 Å². The number of amides is 4. The summed E-state index contributed by atoms with van der Waals surface area (Å²) in [6.45, 7) is 0. The number of carbonyl (C=O) groups excluding carboxylic acids is 4. The highest BCUT2D eigenvalue weighted by Crippen LogP contribution is 2.21. The molecule has 31 heavy (non-hydrogen) atoms. The van der Waals surface area contributed by atoms with Gasteiger partial charge in [-0.05, 0) is 42.0 Å². The van der Waals surface area contributed by atoms with Crippen molar-refractivity contribution in [1.29, 1.82) is 0 Å². The van der Waals surface area contributed by atoms with Crippen molar-refractivity contribution < 1.29 is 19.2 Å². The molecule has 7 nitrogen and oxygen atoms in total.